The summed E-state index contributed by atoms with van der Waals surface area (Å²) >= 11 is 12.2. The van der Waals surface area contributed by atoms with Gasteiger partial charge in [-0.1, -0.05) is 29.3 Å². The van der Waals surface area contributed by atoms with Gasteiger partial charge in [-0.2, -0.15) is 5.26 Å². The summed E-state index contributed by atoms with van der Waals surface area (Å²) in [6, 6.07) is 8.77. The number of allylic oxidation sites excluding steroid dienone is 1. The van der Waals surface area contributed by atoms with Gasteiger partial charge in [-0.05, 0) is 24.6 Å². The van der Waals surface area contributed by atoms with Crippen molar-refractivity contribution in [1.29, 1.82) is 5.26 Å². The van der Waals surface area contributed by atoms with Gasteiger partial charge in [0.25, 0.3) is 5.56 Å². The largest absolute Gasteiger partial charge is 0.440 e. The maximum Gasteiger partial charge on any atom is 0.258 e. The SMILES string of the molecule is COCCn1c(C)cc2c(c1=O)[C@@H](c1ccc(Cl)c(Cl)c1)C(C#N)=C(N)O2. The number of nitrogens with two attached hydrogens (primary N) is 1. The molecular weight excluding hydrogens is 389 g/mol. The highest BCUT2D eigenvalue weighted by molar-refractivity contribution is 6.42. The Kier molecular flexibility index (Phi) is 5.47. The van der Waals surface area contributed by atoms with Gasteiger partial charge in [0.15, 0.2) is 0 Å². The van der Waals surface area contributed by atoms with Crippen molar-refractivity contribution >= 4 is 23.2 Å². The van der Waals surface area contributed by atoms with Gasteiger partial charge >= 0.3 is 0 Å². The first-order valence-corrected chi connectivity index (χ1v) is 8.90. The molecule has 3 rings (SSSR count). The van der Waals surface area contributed by atoms with Gasteiger partial charge in [-0.15, -0.1) is 0 Å². The molecule has 6 nitrogen and oxygen atoms in total. The van der Waals surface area contributed by atoms with Gasteiger partial charge in [0.05, 0.1) is 28.1 Å². The number of methoxy groups -OCH3 is 1. The molecule has 1 aliphatic heterocycles. The summed E-state index contributed by atoms with van der Waals surface area (Å²) in [5, 5.41) is 10.3. The van der Waals surface area contributed by atoms with E-state index >= 15 is 0 Å². The monoisotopic (exact) mass is 405 g/mol. The van der Waals surface area contributed by atoms with Crippen LogP contribution in [0.3, 0.4) is 0 Å². The summed E-state index contributed by atoms with van der Waals surface area (Å²) in [5.74, 6) is -0.399. The van der Waals surface area contributed by atoms with Crippen LogP contribution in [0.5, 0.6) is 5.75 Å². The summed E-state index contributed by atoms with van der Waals surface area (Å²) < 4.78 is 12.3. The van der Waals surface area contributed by atoms with Crippen LogP contribution in [-0.2, 0) is 11.3 Å². The average Bonchev–Trinajstić information content (AvgIpc) is 2.63. The molecular formula is C19H17Cl2N3O3. The second-order valence-electron chi connectivity index (χ2n) is 6.11. The first-order chi connectivity index (χ1) is 12.9. The first-order valence-electron chi connectivity index (χ1n) is 8.14. The molecule has 1 aliphatic rings. The van der Waals surface area contributed by atoms with Crippen LogP contribution >= 0.6 is 23.2 Å². The number of aromatic nitrogens is 1. The third-order valence-electron chi connectivity index (χ3n) is 4.49. The third kappa shape index (κ3) is 3.42. The Balaban J connectivity index is 2.28. The Morgan fingerprint density at radius 2 is 2.07 bits per heavy atom. The minimum Gasteiger partial charge on any atom is -0.440 e. The topological polar surface area (TPSA) is 90.3 Å². The van der Waals surface area contributed by atoms with Crippen LogP contribution in [-0.4, -0.2) is 18.3 Å². The zero-order valence-electron chi connectivity index (χ0n) is 14.8. The summed E-state index contributed by atoms with van der Waals surface area (Å²) in [7, 11) is 1.57. The number of rotatable bonds is 4. The Morgan fingerprint density at radius 3 is 2.70 bits per heavy atom. The van der Waals surface area contributed by atoms with E-state index in [9.17, 15) is 10.1 Å². The molecule has 2 heterocycles. The van der Waals surface area contributed by atoms with Crippen LogP contribution < -0.4 is 16.0 Å². The van der Waals surface area contributed by atoms with Crippen LogP contribution in [0.4, 0.5) is 0 Å². The molecule has 0 radical (unpaired) electrons. The Bertz CT molecular complexity index is 1040. The highest BCUT2D eigenvalue weighted by Gasteiger charge is 2.34. The molecule has 1 aromatic carbocycles. The lowest BCUT2D eigenvalue weighted by molar-refractivity contribution is 0.185. The Morgan fingerprint density at radius 1 is 1.33 bits per heavy atom. The summed E-state index contributed by atoms with van der Waals surface area (Å²) in [6.07, 6.45) is 0. The Labute approximate surface area is 166 Å². The van der Waals surface area contributed by atoms with Crippen LogP contribution in [0.2, 0.25) is 10.0 Å². The molecule has 0 fully saturated rings. The summed E-state index contributed by atoms with van der Waals surface area (Å²) in [4.78, 5) is 13.2. The highest BCUT2D eigenvalue weighted by Crippen LogP contribution is 2.41. The van der Waals surface area contributed by atoms with E-state index in [2.05, 4.69) is 6.07 Å². The van der Waals surface area contributed by atoms with Crippen molar-refractivity contribution in [3.63, 3.8) is 0 Å². The number of ether oxygens (including phenoxy) is 2. The van der Waals surface area contributed by atoms with E-state index in [0.29, 0.717) is 45.8 Å². The lowest BCUT2D eigenvalue weighted by Gasteiger charge is -2.27. The highest BCUT2D eigenvalue weighted by atomic mass is 35.5. The van der Waals surface area contributed by atoms with Gasteiger partial charge in [-0.3, -0.25) is 4.79 Å². The van der Waals surface area contributed by atoms with Crippen molar-refractivity contribution in [3.8, 4) is 11.8 Å². The molecule has 140 valence electrons. The van der Waals surface area contributed by atoms with Crippen LogP contribution in [0.1, 0.15) is 22.7 Å². The molecule has 0 saturated heterocycles. The Hall–Kier alpha value is -2.46. The predicted molar refractivity (Wildman–Crippen MR) is 103 cm³/mol. The van der Waals surface area contributed by atoms with Gasteiger partial charge in [0.2, 0.25) is 5.88 Å². The molecule has 2 aromatic rings. The number of benzene rings is 1. The molecule has 0 spiro atoms. The molecule has 27 heavy (non-hydrogen) atoms. The van der Waals surface area contributed by atoms with E-state index in [1.807, 2.05) is 0 Å². The normalized spacial score (nSPS) is 15.9. The first kappa shape index (κ1) is 19.3. The average molecular weight is 406 g/mol. The predicted octanol–water partition coefficient (Wildman–Crippen LogP) is 3.33. The lowest BCUT2D eigenvalue weighted by atomic mass is 9.84. The van der Waals surface area contributed by atoms with E-state index < -0.39 is 5.92 Å². The van der Waals surface area contributed by atoms with Gasteiger partial charge in [-0.25, -0.2) is 0 Å². The van der Waals surface area contributed by atoms with Crippen LogP contribution in [0.15, 0.2) is 40.5 Å². The van der Waals surface area contributed by atoms with Crippen molar-refractivity contribution in [3.05, 3.63) is 72.9 Å². The van der Waals surface area contributed by atoms with Crippen molar-refractivity contribution in [2.45, 2.75) is 19.4 Å². The van der Waals surface area contributed by atoms with Crippen molar-refractivity contribution in [1.82, 2.24) is 4.57 Å². The number of nitriles is 1. The van der Waals surface area contributed by atoms with E-state index in [1.54, 1.807) is 42.9 Å². The quantitative estimate of drug-likeness (QED) is 0.841. The molecule has 0 bridgehead atoms. The summed E-state index contributed by atoms with van der Waals surface area (Å²) in [5.41, 5.74) is 7.52. The van der Waals surface area contributed by atoms with Crippen molar-refractivity contribution < 1.29 is 9.47 Å². The number of halogens is 2. The third-order valence-corrected chi connectivity index (χ3v) is 5.22. The second kappa shape index (κ2) is 7.65. The van der Waals surface area contributed by atoms with E-state index in [4.69, 9.17) is 38.4 Å². The zero-order valence-corrected chi connectivity index (χ0v) is 16.3. The van der Waals surface area contributed by atoms with E-state index in [0.717, 1.165) is 0 Å². The van der Waals surface area contributed by atoms with Crippen LogP contribution in [0.25, 0.3) is 0 Å². The fraction of sp³-hybridized carbons (Fsp3) is 0.263. The maximum atomic E-state index is 13.2. The van der Waals surface area contributed by atoms with Gasteiger partial charge < -0.3 is 19.8 Å². The minimum atomic E-state index is -0.699. The van der Waals surface area contributed by atoms with Crippen molar-refractivity contribution in [2.75, 3.05) is 13.7 Å². The number of aryl methyl sites for hydroxylation is 1. The van der Waals surface area contributed by atoms with Crippen LogP contribution in [0, 0.1) is 18.3 Å². The van der Waals surface area contributed by atoms with Crippen molar-refractivity contribution in [2.24, 2.45) is 5.73 Å². The smallest absolute Gasteiger partial charge is 0.258 e. The summed E-state index contributed by atoms with van der Waals surface area (Å²) in [6.45, 7) is 2.55. The van der Waals surface area contributed by atoms with Gasteiger partial charge in [0.1, 0.15) is 17.4 Å². The molecule has 0 unspecified atom stereocenters. The zero-order chi connectivity index (χ0) is 19.7. The fourth-order valence-corrected chi connectivity index (χ4v) is 3.48. The maximum absolute atomic E-state index is 13.2. The molecule has 1 atom stereocenters. The number of fused-ring (bicyclic) bond motifs is 1. The molecule has 2 N–H and O–H groups in total. The van der Waals surface area contributed by atoms with E-state index in [-0.39, 0.29) is 17.0 Å². The molecule has 8 heteroatoms. The number of hydrogen-bond acceptors (Lipinski definition) is 5. The number of pyridine rings is 1. The molecule has 0 saturated carbocycles. The molecule has 0 aliphatic carbocycles. The van der Waals surface area contributed by atoms with Gasteiger partial charge in [0, 0.05) is 25.4 Å². The number of hydrogen-bond donors (Lipinski definition) is 1. The van der Waals surface area contributed by atoms with E-state index in [1.165, 1.54) is 0 Å². The standard InChI is InChI=1S/C19H17Cl2N3O3/c1-10-7-15-17(19(25)24(10)5-6-26-2)16(12(9-22)18(23)27-15)11-3-4-13(20)14(21)8-11/h3-4,7-8,16H,5-6,23H2,1-2H3/t16-/m0/s1. The number of nitrogens with zero attached hydrogens (tertiary/aromatic N) is 2. The second-order valence-corrected chi connectivity index (χ2v) is 6.93. The minimum absolute atomic E-state index is 0.0329. The lowest BCUT2D eigenvalue weighted by Crippen LogP contribution is -2.33. The molecule has 0 amide bonds. The molecule has 1 aromatic heterocycles. The fourth-order valence-electron chi connectivity index (χ4n) is 3.17.